The lowest BCUT2D eigenvalue weighted by molar-refractivity contribution is -0.113. The summed E-state index contributed by atoms with van der Waals surface area (Å²) in [6, 6.07) is 16.5. The summed E-state index contributed by atoms with van der Waals surface area (Å²) < 4.78 is 1.77. The van der Waals surface area contributed by atoms with E-state index in [1.54, 1.807) is 16.4 Å². The van der Waals surface area contributed by atoms with Gasteiger partial charge in [-0.2, -0.15) is 4.98 Å². The van der Waals surface area contributed by atoms with E-state index in [0.717, 1.165) is 22.7 Å². The predicted octanol–water partition coefficient (Wildman–Crippen LogP) is 4.97. The summed E-state index contributed by atoms with van der Waals surface area (Å²) in [5.74, 6) is 1.30. The third kappa shape index (κ3) is 4.02. The van der Waals surface area contributed by atoms with Crippen LogP contribution in [0.2, 0.25) is 5.02 Å². The smallest absolute Gasteiger partial charge is 0.255 e. The molecule has 1 aromatic heterocycles. The average Bonchev–Trinajstić information content (AvgIpc) is 3.10. The molecule has 0 saturated carbocycles. The number of thioether (sulfide) groups is 1. The van der Waals surface area contributed by atoms with Crippen molar-refractivity contribution in [2.24, 2.45) is 0 Å². The minimum absolute atomic E-state index is 0.188. The zero-order chi connectivity index (χ0) is 20.4. The van der Waals surface area contributed by atoms with Gasteiger partial charge in [-0.3, -0.25) is 4.79 Å². The van der Waals surface area contributed by atoms with Crippen molar-refractivity contribution in [1.29, 1.82) is 0 Å². The minimum atomic E-state index is -0.411. The third-order valence-corrected chi connectivity index (χ3v) is 5.54. The van der Waals surface area contributed by atoms with Crippen LogP contribution in [0.4, 0.5) is 11.6 Å². The number of nitrogens with zero attached hydrogens (tertiary/aromatic N) is 3. The molecule has 0 aliphatic carbocycles. The zero-order valence-electron chi connectivity index (χ0n) is 16.0. The molecular weight excluding hydrogens is 406 g/mol. The van der Waals surface area contributed by atoms with E-state index in [0.29, 0.717) is 21.7 Å². The van der Waals surface area contributed by atoms with Gasteiger partial charge in [0, 0.05) is 16.4 Å². The number of fused-ring (bicyclic) bond motifs is 1. The Kier molecular flexibility index (Phi) is 5.60. The minimum Gasteiger partial charge on any atom is -0.328 e. The lowest BCUT2D eigenvalue weighted by Crippen LogP contribution is -2.31. The topological polar surface area (TPSA) is 71.8 Å². The first-order chi connectivity index (χ1) is 14.1. The number of nitrogens with one attached hydrogen (secondary N) is 2. The van der Waals surface area contributed by atoms with Gasteiger partial charge < -0.3 is 10.6 Å². The Morgan fingerprint density at radius 3 is 2.62 bits per heavy atom. The molecule has 0 saturated heterocycles. The highest BCUT2D eigenvalue weighted by Gasteiger charge is 2.34. The van der Waals surface area contributed by atoms with Gasteiger partial charge in [0.2, 0.25) is 11.1 Å². The molecule has 1 aliphatic heterocycles. The Hall–Kier alpha value is -2.77. The molecule has 0 radical (unpaired) electrons. The Morgan fingerprint density at radius 1 is 1.21 bits per heavy atom. The fourth-order valence-corrected chi connectivity index (χ4v) is 3.97. The normalized spacial score (nSPS) is 15.6. The molecule has 29 heavy (non-hydrogen) atoms. The molecule has 1 amide bonds. The van der Waals surface area contributed by atoms with E-state index >= 15 is 0 Å². The van der Waals surface area contributed by atoms with Gasteiger partial charge in [-0.05, 0) is 42.5 Å². The molecule has 1 unspecified atom stereocenters. The van der Waals surface area contributed by atoms with Crippen LogP contribution < -0.4 is 10.6 Å². The van der Waals surface area contributed by atoms with Gasteiger partial charge in [-0.1, -0.05) is 60.6 Å². The molecule has 3 aromatic rings. The Balaban J connectivity index is 1.78. The van der Waals surface area contributed by atoms with Gasteiger partial charge in [0.1, 0.15) is 6.04 Å². The summed E-state index contributed by atoms with van der Waals surface area (Å²) >= 11 is 7.65. The van der Waals surface area contributed by atoms with Crippen LogP contribution in [0, 0.1) is 0 Å². The van der Waals surface area contributed by atoms with Crippen LogP contribution in [0.5, 0.6) is 0 Å². The van der Waals surface area contributed by atoms with E-state index in [1.807, 2.05) is 61.5 Å². The van der Waals surface area contributed by atoms with E-state index in [4.69, 9.17) is 11.6 Å². The number of hydrogen-bond donors (Lipinski definition) is 2. The molecule has 2 N–H and O–H groups in total. The molecule has 1 atom stereocenters. The SMILES string of the molecule is CCSc1nc2n(n1)C(c1ccc(Cl)cc1)C(C(=O)Nc1ccccc1)=C(C)N2. The third-order valence-electron chi connectivity index (χ3n) is 4.57. The Labute approximate surface area is 178 Å². The van der Waals surface area contributed by atoms with Gasteiger partial charge in [0.15, 0.2) is 0 Å². The molecule has 2 heterocycles. The van der Waals surface area contributed by atoms with Crippen molar-refractivity contribution in [2.45, 2.75) is 25.0 Å². The van der Waals surface area contributed by atoms with Gasteiger partial charge in [-0.25, -0.2) is 4.68 Å². The number of anilines is 2. The van der Waals surface area contributed by atoms with E-state index in [-0.39, 0.29) is 5.91 Å². The number of halogens is 1. The van der Waals surface area contributed by atoms with Crippen LogP contribution in [-0.4, -0.2) is 26.4 Å². The highest BCUT2D eigenvalue weighted by Crippen LogP contribution is 2.37. The number of hydrogen-bond acceptors (Lipinski definition) is 5. The number of benzene rings is 2. The van der Waals surface area contributed by atoms with E-state index in [9.17, 15) is 4.79 Å². The second kappa shape index (κ2) is 8.31. The van der Waals surface area contributed by atoms with Crippen LogP contribution in [0.25, 0.3) is 0 Å². The highest BCUT2D eigenvalue weighted by molar-refractivity contribution is 7.99. The predicted molar refractivity (Wildman–Crippen MR) is 117 cm³/mol. The molecule has 0 spiro atoms. The highest BCUT2D eigenvalue weighted by atomic mass is 35.5. The molecule has 148 valence electrons. The van der Waals surface area contributed by atoms with Crippen LogP contribution in [0.1, 0.15) is 25.5 Å². The number of carbonyl (C=O) groups is 1. The fourth-order valence-electron chi connectivity index (χ4n) is 3.29. The maximum absolute atomic E-state index is 13.3. The van der Waals surface area contributed by atoms with E-state index in [2.05, 4.69) is 27.6 Å². The maximum atomic E-state index is 13.3. The van der Waals surface area contributed by atoms with Crippen molar-refractivity contribution in [1.82, 2.24) is 14.8 Å². The molecule has 8 heteroatoms. The Bertz CT molecular complexity index is 1060. The van der Waals surface area contributed by atoms with Crippen LogP contribution in [-0.2, 0) is 4.79 Å². The van der Waals surface area contributed by atoms with Gasteiger partial charge in [0.05, 0.1) is 5.57 Å². The van der Waals surface area contributed by atoms with Crippen molar-refractivity contribution < 1.29 is 4.79 Å². The molecule has 4 rings (SSSR count). The number of allylic oxidation sites excluding steroid dienone is 1. The number of para-hydroxylation sites is 1. The summed E-state index contributed by atoms with van der Waals surface area (Å²) in [7, 11) is 0. The largest absolute Gasteiger partial charge is 0.328 e. The first kappa shape index (κ1) is 19.5. The van der Waals surface area contributed by atoms with Crippen LogP contribution >= 0.6 is 23.4 Å². The first-order valence-electron chi connectivity index (χ1n) is 9.26. The number of aromatic nitrogens is 3. The lowest BCUT2D eigenvalue weighted by Gasteiger charge is -2.28. The quantitative estimate of drug-likeness (QED) is 0.564. The summed E-state index contributed by atoms with van der Waals surface area (Å²) in [6.07, 6.45) is 0. The van der Waals surface area contributed by atoms with Crippen molar-refractivity contribution in [3.63, 3.8) is 0 Å². The molecule has 0 bridgehead atoms. The number of amides is 1. The molecular formula is C21H20ClN5OS. The van der Waals surface area contributed by atoms with Gasteiger partial charge in [-0.15, -0.1) is 5.10 Å². The number of rotatable bonds is 5. The van der Waals surface area contributed by atoms with Crippen LogP contribution in [0.3, 0.4) is 0 Å². The average molecular weight is 426 g/mol. The summed E-state index contributed by atoms with van der Waals surface area (Å²) in [5, 5.41) is 12.2. The summed E-state index contributed by atoms with van der Waals surface area (Å²) in [5.41, 5.74) is 2.97. The monoisotopic (exact) mass is 425 g/mol. The second-order valence-electron chi connectivity index (χ2n) is 6.53. The zero-order valence-corrected chi connectivity index (χ0v) is 17.6. The molecule has 1 aliphatic rings. The van der Waals surface area contributed by atoms with E-state index < -0.39 is 6.04 Å². The van der Waals surface area contributed by atoms with Crippen molar-refractivity contribution >= 4 is 40.9 Å². The summed E-state index contributed by atoms with van der Waals surface area (Å²) in [4.78, 5) is 17.8. The summed E-state index contributed by atoms with van der Waals surface area (Å²) in [6.45, 7) is 3.94. The van der Waals surface area contributed by atoms with Gasteiger partial charge in [0.25, 0.3) is 5.91 Å². The van der Waals surface area contributed by atoms with Crippen molar-refractivity contribution in [2.75, 3.05) is 16.4 Å². The fraction of sp³-hybridized carbons (Fsp3) is 0.190. The first-order valence-corrected chi connectivity index (χ1v) is 10.6. The lowest BCUT2D eigenvalue weighted by atomic mass is 9.95. The molecule has 0 fully saturated rings. The second-order valence-corrected chi connectivity index (χ2v) is 8.20. The van der Waals surface area contributed by atoms with Gasteiger partial charge >= 0.3 is 0 Å². The Morgan fingerprint density at radius 2 is 1.93 bits per heavy atom. The van der Waals surface area contributed by atoms with Crippen molar-refractivity contribution in [3.8, 4) is 0 Å². The van der Waals surface area contributed by atoms with Crippen molar-refractivity contribution in [3.05, 3.63) is 76.5 Å². The number of carbonyl (C=O) groups excluding carboxylic acids is 1. The molecule has 6 nitrogen and oxygen atoms in total. The van der Waals surface area contributed by atoms with Crippen LogP contribution in [0.15, 0.2) is 71.0 Å². The maximum Gasteiger partial charge on any atom is 0.255 e. The standard InChI is InChI=1S/C21H20ClN5OS/c1-3-29-21-25-20-23-13(2)17(19(28)24-16-7-5-4-6-8-16)18(27(20)26-21)14-9-11-15(22)12-10-14/h4-12,18H,3H2,1-2H3,(H,24,28)(H,23,25,26). The molecule has 2 aromatic carbocycles. The van der Waals surface area contributed by atoms with E-state index in [1.165, 1.54) is 0 Å².